The van der Waals surface area contributed by atoms with E-state index in [0.29, 0.717) is 24.2 Å². The molecule has 0 spiro atoms. The molecule has 1 aromatic carbocycles. The maximum atomic E-state index is 13.0. The van der Waals surface area contributed by atoms with Gasteiger partial charge in [0.2, 0.25) is 0 Å². The fourth-order valence-electron chi connectivity index (χ4n) is 3.77. The first-order chi connectivity index (χ1) is 13.2. The van der Waals surface area contributed by atoms with Crippen LogP contribution in [0.3, 0.4) is 0 Å². The van der Waals surface area contributed by atoms with Crippen LogP contribution < -0.4 is 5.32 Å². The third kappa shape index (κ3) is 4.10. The van der Waals surface area contributed by atoms with Crippen LogP contribution in [0, 0.1) is 19.8 Å². The Labute approximate surface area is 160 Å². The number of aryl methyl sites for hydroxylation is 1. The van der Waals surface area contributed by atoms with Crippen molar-refractivity contribution in [3.63, 3.8) is 0 Å². The lowest BCUT2D eigenvalue weighted by Gasteiger charge is -2.30. The van der Waals surface area contributed by atoms with Gasteiger partial charge in [-0.25, -0.2) is 4.68 Å². The lowest BCUT2D eigenvalue weighted by molar-refractivity contribution is -0.183. The second-order valence-corrected chi connectivity index (χ2v) is 7.20. The quantitative estimate of drug-likeness (QED) is 0.633. The maximum Gasteiger partial charge on any atom is 0.391 e. The molecule has 2 atom stereocenters. The van der Waals surface area contributed by atoms with E-state index in [1.165, 1.54) is 0 Å². The van der Waals surface area contributed by atoms with Crippen molar-refractivity contribution in [3.05, 3.63) is 47.3 Å². The molecule has 1 fully saturated rings. The van der Waals surface area contributed by atoms with Crippen molar-refractivity contribution in [1.29, 1.82) is 0 Å². The Morgan fingerprint density at radius 2 is 1.82 bits per heavy atom. The highest BCUT2D eigenvalue weighted by Gasteiger charge is 2.42. The Morgan fingerprint density at radius 3 is 2.46 bits per heavy atom. The average Bonchev–Trinajstić information content (AvgIpc) is 2.95. The fourth-order valence-corrected chi connectivity index (χ4v) is 3.77. The van der Waals surface area contributed by atoms with E-state index in [0.717, 1.165) is 5.69 Å². The fraction of sp³-hybridized carbons (Fsp3) is 0.450. The number of hydrogen-bond donors (Lipinski definition) is 1. The number of aromatic nitrogens is 2. The molecule has 1 N–H and O–H groups in total. The number of amides is 1. The minimum absolute atomic E-state index is 0.0614. The van der Waals surface area contributed by atoms with Gasteiger partial charge in [0.05, 0.1) is 28.6 Å². The summed E-state index contributed by atoms with van der Waals surface area (Å²) in [5.74, 6) is -3.09. The van der Waals surface area contributed by atoms with Gasteiger partial charge in [0.15, 0.2) is 0 Å². The van der Waals surface area contributed by atoms with E-state index >= 15 is 0 Å². The molecule has 2 unspecified atom stereocenters. The molecule has 1 heterocycles. The minimum atomic E-state index is -4.28. The third-order valence-corrected chi connectivity index (χ3v) is 5.20. The van der Waals surface area contributed by atoms with Crippen molar-refractivity contribution >= 4 is 11.7 Å². The average molecular weight is 393 g/mol. The van der Waals surface area contributed by atoms with Gasteiger partial charge in [-0.2, -0.15) is 18.3 Å². The number of carbonyl (C=O) groups is 2. The summed E-state index contributed by atoms with van der Waals surface area (Å²) in [6.45, 7) is 3.32. The zero-order valence-electron chi connectivity index (χ0n) is 15.7. The summed E-state index contributed by atoms with van der Waals surface area (Å²) in [4.78, 5) is 25.1. The molecule has 150 valence electrons. The number of alkyl halides is 3. The monoisotopic (exact) mass is 393 g/mol. The van der Waals surface area contributed by atoms with Crippen LogP contribution in [0.4, 0.5) is 13.2 Å². The van der Waals surface area contributed by atoms with Gasteiger partial charge in [0.25, 0.3) is 11.7 Å². The van der Waals surface area contributed by atoms with Gasteiger partial charge >= 0.3 is 6.18 Å². The van der Waals surface area contributed by atoms with Crippen LogP contribution >= 0.6 is 0 Å². The predicted molar refractivity (Wildman–Crippen MR) is 97.3 cm³/mol. The number of carbonyl (C=O) groups excluding carboxylic acids is 2. The van der Waals surface area contributed by atoms with Crippen molar-refractivity contribution in [2.45, 2.75) is 51.7 Å². The van der Waals surface area contributed by atoms with Gasteiger partial charge in [0.1, 0.15) is 0 Å². The van der Waals surface area contributed by atoms with Crippen molar-refractivity contribution < 1.29 is 22.8 Å². The first-order valence-corrected chi connectivity index (χ1v) is 9.22. The molecule has 0 radical (unpaired) electrons. The third-order valence-electron chi connectivity index (χ3n) is 5.20. The van der Waals surface area contributed by atoms with Gasteiger partial charge in [-0.15, -0.1) is 0 Å². The van der Waals surface area contributed by atoms with Gasteiger partial charge in [-0.1, -0.05) is 24.6 Å². The van der Waals surface area contributed by atoms with E-state index in [1.54, 1.807) is 18.5 Å². The predicted octanol–water partition coefficient (Wildman–Crippen LogP) is 3.91. The normalized spacial score (nSPS) is 20.0. The minimum Gasteiger partial charge on any atom is -0.346 e. The summed E-state index contributed by atoms with van der Waals surface area (Å²) in [6, 6.07) is 8.52. The van der Waals surface area contributed by atoms with Crippen molar-refractivity contribution in [1.82, 2.24) is 15.1 Å². The number of nitrogens with zero attached hydrogens (tertiary/aromatic N) is 2. The van der Waals surface area contributed by atoms with E-state index in [2.05, 4.69) is 10.4 Å². The largest absolute Gasteiger partial charge is 0.391 e. The molecular formula is C20H22F3N3O2. The standard InChI is InChI=1S/C20H22F3N3O2/c1-12-17(13(2)26(25-12)16-9-4-3-5-10-16)18(27)19(28)24-15-8-6-7-14(11-15)20(21,22)23/h3-5,9-10,14-15H,6-8,11H2,1-2H3,(H,24,28). The van der Waals surface area contributed by atoms with Crippen molar-refractivity contribution in [2.75, 3.05) is 0 Å². The summed E-state index contributed by atoms with van der Waals surface area (Å²) in [6.07, 6.45) is -3.60. The van der Waals surface area contributed by atoms with Crippen molar-refractivity contribution in [2.24, 2.45) is 5.92 Å². The van der Waals surface area contributed by atoms with Crippen molar-refractivity contribution in [3.8, 4) is 5.69 Å². The molecule has 28 heavy (non-hydrogen) atoms. The Morgan fingerprint density at radius 1 is 1.14 bits per heavy atom. The molecule has 0 aliphatic heterocycles. The Kier molecular flexibility index (Phi) is 5.58. The van der Waals surface area contributed by atoms with Gasteiger partial charge in [-0.3, -0.25) is 9.59 Å². The van der Waals surface area contributed by atoms with Gasteiger partial charge < -0.3 is 5.32 Å². The first kappa shape index (κ1) is 20.1. The maximum absolute atomic E-state index is 13.0. The zero-order valence-corrected chi connectivity index (χ0v) is 15.7. The molecular weight excluding hydrogens is 371 g/mol. The van der Waals surface area contributed by atoms with Gasteiger partial charge in [0, 0.05) is 6.04 Å². The van der Waals surface area contributed by atoms with Crippen LogP contribution in [0.25, 0.3) is 5.69 Å². The van der Waals surface area contributed by atoms with Crippen LogP contribution in [0.5, 0.6) is 0 Å². The lowest BCUT2D eigenvalue weighted by atomic mass is 9.85. The van der Waals surface area contributed by atoms with E-state index in [-0.39, 0.29) is 18.4 Å². The topological polar surface area (TPSA) is 64.0 Å². The molecule has 1 aromatic heterocycles. The Bertz CT molecular complexity index is 875. The second kappa shape index (κ2) is 7.77. The summed E-state index contributed by atoms with van der Waals surface area (Å²) in [5, 5.41) is 6.84. The number of benzene rings is 1. The number of nitrogens with one attached hydrogen (secondary N) is 1. The summed E-state index contributed by atoms with van der Waals surface area (Å²) < 4.78 is 40.4. The molecule has 8 heteroatoms. The molecule has 0 bridgehead atoms. The molecule has 3 rings (SSSR count). The molecule has 1 aliphatic carbocycles. The van der Waals surface area contributed by atoms with E-state index in [4.69, 9.17) is 0 Å². The molecule has 1 aliphatic rings. The number of rotatable bonds is 4. The number of hydrogen-bond acceptors (Lipinski definition) is 3. The van der Waals surface area contributed by atoms with Crippen LogP contribution in [0.1, 0.15) is 47.4 Å². The Hall–Kier alpha value is -2.64. The zero-order chi connectivity index (χ0) is 20.5. The van der Waals surface area contributed by atoms with E-state index in [1.807, 2.05) is 30.3 Å². The smallest absolute Gasteiger partial charge is 0.346 e. The van der Waals surface area contributed by atoms with Crippen LogP contribution in [-0.2, 0) is 4.79 Å². The number of halogens is 3. The number of Topliss-reactive ketones (excluding diaryl/α,β-unsaturated/α-hetero) is 1. The number of ketones is 1. The highest BCUT2D eigenvalue weighted by Crippen LogP contribution is 2.37. The molecule has 1 saturated carbocycles. The van der Waals surface area contributed by atoms with Crippen LogP contribution in [0.15, 0.2) is 30.3 Å². The van der Waals surface area contributed by atoms with Crippen LogP contribution in [0.2, 0.25) is 0 Å². The highest BCUT2D eigenvalue weighted by molar-refractivity contribution is 6.43. The van der Waals surface area contributed by atoms with Crippen LogP contribution in [-0.4, -0.2) is 33.7 Å². The molecule has 0 saturated heterocycles. The first-order valence-electron chi connectivity index (χ1n) is 9.22. The lowest BCUT2D eigenvalue weighted by Crippen LogP contribution is -2.44. The van der Waals surface area contributed by atoms with Gasteiger partial charge in [-0.05, 0) is 45.2 Å². The van der Waals surface area contributed by atoms with E-state index < -0.39 is 29.8 Å². The Balaban J connectivity index is 1.75. The van der Waals surface area contributed by atoms with E-state index in [9.17, 15) is 22.8 Å². The SMILES string of the molecule is Cc1nn(-c2ccccc2)c(C)c1C(=O)C(=O)NC1CCCC(C(F)(F)F)C1. The number of para-hydroxylation sites is 1. The highest BCUT2D eigenvalue weighted by atomic mass is 19.4. The second-order valence-electron chi connectivity index (χ2n) is 7.20. The molecule has 2 aromatic rings. The molecule has 1 amide bonds. The molecule has 5 nitrogen and oxygen atoms in total. The summed E-state index contributed by atoms with van der Waals surface area (Å²) >= 11 is 0. The summed E-state index contributed by atoms with van der Waals surface area (Å²) in [7, 11) is 0. The summed E-state index contributed by atoms with van der Waals surface area (Å²) in [5.41, 5.74) is 1.85.